The molecule has 1 unspecified atom stereocenters. The molecule has 2 N–H and O–H groups in total. The van der Waals surface area contributed by atoms with E-state index in [4.69, 9.17) is 15.2 Å². The third-order valence-electron chi connectivity index (χ3n) is 6.82. The summed E-state index contributed by atoms with van der Waals surface area (Å²) in [6.45, 7) is 7.23. The number of nitrogens with two attached hydrogens (primary N) is 1. The molecule has 2 aromatic heterocycles. The van der Waals surface area contributed by atoms with E-state index < -0.39 is 0 Å². The zero-order valence-electron chi connectivity index (χ0n) is 21.6. The Morgan fingerprint density at radius 2 is 1.89 bits per heavy atom. The Bertz CT molecular complexity index is 1400. The molecule has 5 rings (SSSR count). The SMILES string of the molecule is CCOC(=O)C1CCCCN1c1ccccc1Oc1ccc(-c2cn(C(C)C)c3ncnc(N)c23)cc1. The Balaban J connectivity index is 1.44. The van der Waals surface area contributed by atoms with E-state index in [1.54, 1.807) is 0 Å². The smallest absolute Gasteiger partial charge is 0.328 e. The second-order valence-electron chi connectivity index (χ2n) is 9.55. The molecule has 8 heteroatoms. The molecule has 1 fully saturated rings. The number of esters is 1. The van der Waals surface area contributed by atoms with Gasteiger partial charge in [0.05, 0.1) is 17.7 Å². The number of fused-ring (bicyclic) bond motifs is 1. The van der Waals surface area contributed by atoms with E-state index in [0.717, 1.165) is 53.7 Å². The molecule has 0 spiro atoms. The minimum atomic E-state index is -0.299. The molecule has 0 bridgehead atoms. The lowest BCUT2D eigenvalue weighted by atomic mass is 10.0. The quantitative estimate of drug-likeness (QED) is 0.313. The fourth-order valence-electron chi connectivity index (χ4n) is 5.03. The van der Waals surface area contributed by atoms with E-state index in [2.05, 4.69) is 39.5 Å². The van der Waals surface area contributed by atoms with E-state index >= 15 is 0 Å². The summed E-state index contributed by atoms with van der Waals surface area (Å²) in [6.07, 6.45) is 6.39. The normalized spacial score (nSPS) is 15.8. The molecule has 1 atom stereocenters. The minimum Gasteiger partial charge on any atom is -0.464 e. The van der Waals surface area contributed by atoms with Gasteiger partial charge in [-0.05, 0) is 69.9 Å². The Labute approximate surface area is 217 Å². The minimum absolute atomic E-state index is 0.176. The van der Waals surface area contributed by atoms with Crippen LogP contribution in [-0.4, -0.2) is 39.7 Å². The summed E-state index contributed by atoms with van der Waals surface area (Å²) in [6, 6.07) is 15.7. The van der Waals surface area contributed by atoms with Gasteiger partial charge in [0.1, 0.15) is 29.6 Å². The number of carbonyl (C=O) groups is 1. The van der Waals surface area contributed by atoms with Crippen LogP contribution in [0.15, 0.2) is 61.1 Å². The fraction of sp³-hybridized carbons (Fsp3) is 0.345. The van der Waals surface area contributed by atoms with Crippen LogP contribution in [0.3, 0.4) is 0 Å². The monoisotopic (exact) mass is 499 g/mol. The predicted octanol–water partition coefficient (Wildman–Crippen LogP) is 5.98. The lowest BCUT2D eigenvalue weighted by molar-refractivity contribution is -0.145. The number of rotatable bonds is 7. The first-order chi connectivity index (χ1) is 18.0. The van der Waals surface area contributed by atoms with Gasteiger partial charge in [0, 0.05) is 24.3 Å². The molecule has 8 nitrogen and oxygen atoms in total. The van der Waals surface area contributed by atoms with E-state index in [0.29, 0.717) is 23.9 Å². The van der Waals surface area contributed by atoms with Crippen LogP contribution in [0, 0.1) is 0 Å². The number of nitrogen functional groups attached to an aromatic ring is 1. The molecule has 1 saturated heterocycles. The second kappa shape index (κ2) is 10.5. The number of nitrogens with zero attached hydrogens (tertiary/aromatic N) is 4. The summed E-state index contributed by atoms with van der Waals surface area (Å²) in [5, 5.41) is 0.852. The van der Waals surface area contributed by atoms with Crippen LogP contribution in [-0.2, 0) is 9.53 Å². The topological polar surface area (TPSA) is 95.5 Å². The number of anilines is 2. The molecule has 0 amide bonds. The van der Waals surface area contributed by atoms with Crippen LogP contribution < -0.4 is 15.4 Å². The number of carbonyl (C=O) groups excluding carboxylic acids is 1. The van der Waals surface area contributed by atoms with Crippen LogP contribution >= 0.6 is 0 Å². The van der Waals surface area contributed by atoms with Crippen molar-refractivity contribution in [2.75, 3.05) is 23.8 Å². The van der Waals surface area contributed by atoms with Crippen molar-refractivity contribution in [2.45, 2.75) is 52.1 Å². The van der Waals surface area contributed by atoms with Gasteiger partial charge in [0.2, 0.25) is 0 Å². The molecule has 1 aliphatic rings. The van der Waals surface area contributed by atoms with E-state index in [1.165, 1.54) is 6.33 Å². The summed E-state index contributed by atoms with van der Waals surface area (Å²) >= 11 is 0. The van der Waals surface area contributed by atoms with Gasteiger partial charge in [-0.1, -0.05) is 24.3 Å². The molecular weight excluding hydrogens is 466 g/mol. The zero-order valence-corrected chi connectivity index (χ0v) is 21.6. The highest BCUT2D eigenvalue weighted by Gasteiger charge is 2.31. The molecule has 3 heterocycles. The molecule has 0 saturated carbocycles. The number of piperidine rings is 1. The van der Waals surface area contributed by atoms with Crippen LogP contribution in [0.2, 0.25) is 0 Å². The van der Waals surface area contributed by atoms with Crippen molar-refractivity contribution in [3.05, 3.63) is 61.1 Å². The van der Waals surface area contributed by atoms with Gasteiger partial charge in [-0.3, -0.25) is 0 Å². The van der Waals surface area contributed by atoms with Gasteiger partial charge in [0.25, 0.3) is 0 Å². The van der Waals surface area contributed by atoms with Gasteiger partial charge >= 0.3 is 5.97 Å². The average molecular weight is 500 g/mol. The third kappa shape index (κ3) is 4.83. The van der Waals surface area contributed by atoms with Crippen LogP contribution in [0.5, 0.6) is 11.5 Å². The van der Waals surface area contributed by atoms with Crippen molar-refractivity contribution in [1.29, 1.82) is 0 Å². The van der Waals surface area contributed by atoms with Crippen molar-refractivity contribution < 1.29 is 14.3 Å². The highest BCUT2D eigenvalue weighted by molar-refractivity contribution is 6.00. The lowest BCUT2D eigenvalue weighted by Gasteiger charge is -2.36. The first kappa shape index (κ1) is 24.6. The Morgan fingerprint density at radius 1 is 1.11 bits per heavy atom. The van der Waals surface area contributed by atoms with Crippen molar-refractivity contribution in [1.82, 2.24) is 14.5 Å². The summed E-state index contributed by atoms with van der Waals surface area (Å²) < 4.78 is 13.8. The van der Waals surface area contributed by atoms with E-state index in [1.807, 2.05) is 55.5 Å². The third-order valence-corrected chi connectivity index (χ3v) is 6.82. The molecular formula is C29H33N5O3. The summed E-state index contributed by atoms with van der Waals surface area (Å²) in [4.78, 5) is 23.5. The zero-order chi connectivity index (χ0) is 25.9. The van der Waals surface area contributed by atoms with E-state index in [9.17, 15) is 4.79 Å². The van der Waals surface area contributed by atoms with Crippen molar-refractivity contribution >= 4 is 28.5 Å². The molecule has 2 aromatic carbocycles. The maximum atomic E-state index is 12.7. The summed E-state index contributed by atoms with van der Waals surface area (Å²) in [5.74, 6) is 1.70. The van der Waals surface area contributed by atoms with Gasteiger partial charge in [-0.2, -0.15) is 0 Å². The van der Waals surface area contributed by atoms with Gasteiger partial charge in [-0.15, -0.1) is 0 Å². The number of ether oxygens (including phenoxy) is 2. The number of aromatic nitrogens is 3. The first-order valence-electron chi connectivity index (χ1n) is 12.9. The maximum absolute atomic E-state index is 12.7. The van der Waals surface area contributed by atoms with Crippen LogP contribution in [0.25, 0.3) is 22.2 Å². The van der Waals surface area contributed by atoms with Crippen LogP contribution in [0.1, 0.15) is 46.1 Å². The van der Waals surface area contributed by atoms with Crippen molar-refractivity contribution in [3.8, 4) is 22.6 Å². The highest BCUT2D eigenvalue weighted by atomic mass is 16.5. The summed E-state index contributed by atoms with van der Waals surface area (Å²) in [5.41, 5.74) is 9.96. The maximum Gasteiger partial charge on any atom is 0.328 e. The van der Waals surface area contributed by atoms with Gasteiger partial charge in [0.15, 0.2) is 5.75 Å². The lowest BCUT2D eigenvalue weighted by Crippen LogP contribution is -2.45. The molecule has 0 aliphatic carbocycles. The van der Waals surface area contributed by atoms with Crippen molar-refractivity contribution in [3.63, 3.8) is 0 Å². The van der Waals surface area contributed by atoms with Crippen LogP contribution in [0.4, 0.5) is 11.5 Å². The van der Waals surface area contributed by atoms with Gasteiger partial charge in [-0.25, -0.2) is 14.8 Å². The predicted molar refractivity (Wildman–Crippen MR) is 146 cm³/mol. The molecule has 37 heavy (non-hydrogen) atoms. The Morgan fingerprint density at radius 3 is 2.65 bits per heavy atom. The number of hydrogen-bond acceptors (Lipinski definition) is 7. The van der Waals surface area contributed by atoms with Crippen molar-refractivity contribution in [2.24, 2.45) is 0 Å². The highest BCUT2D eigenvalue weighted by Crippen LogP contribution is 2.38. The first-order valence-corrected chi connectivity index (χ1v) is 12.9. The second-order valence-corrected chi connectivity index (χ2v) is 9.55. The van der Waals surface area contributed by atoms with Gasteiger partial charge < -0.3 is 24.7 Å². The van der Waals surface area contributed by atoms with E-state index in [-0.39, 0.29) is 18.1 Å². The molecule has 0 radical (unpaired) electrons. The standard InChI is InChI=1S/C29H33N5O3/c1-4-36-29(35)24-10-7-8-16-33(24)23-9-5-6-11-25(23)37-21-14-12-20(13-15-21)22-17-34(19(2)3)28-26(22)27(30)31-18-32-28/h5-6,9,11-15,17-19,24H,4,7-8,10,16H2,1-3H3,(H2,30,31,32). The fourth-order valence-corrected chi connectivity index (χ4v) is 5.03. The molecule has 4 aromatic rings. The molecule has 1 aliphatic heterocycles. The largest absolute Gasteiger partial charge is 0.464 e. The Kier molecular flexibility index (Phi) is 6.99. The Hall–Kier alpha value is -4.07. The molecule has 192 valence electrons. The summed E-state index contributed by atoms with van der Waals surface area (Å²) in [7, 11) is 0. The average Bonchev–Trinajstić information content (AvgIpc) is 3.31. The number of para-hydroxylation sites is 2. The number of benzene rings is 2. The number of hydrogen-bond donors (Lipinski definition) is 1.